The Morgan fingerprint density at radius 3 is 2.56 bits per heavy atom. The van der Waals surface area contributed by atoms with Gasteiger partial charge in [-0.3, -0.25) is 4.79 Å². The number of piperazine rings is 1. The Morgan fingerprint density at radius 2 is 1.81 bits per heavy atom. The van der Waals surface area contributed by atoms with Crippen LogP contribution < -0.4 is 9.80 Å². The normalized spacial score (nSPS) is 17.2. The van der Waals surface area contributed by atoms with Crippen LogP contribution in [0, 0.1) is 0 Å². The lowest BCUT2D eigenvalue weighted by Crippen LogP contribution is -2.44. The van der Waals surface area contributed by atoms with E-state index in [1.54, 1.807) is 35.4 Å². The number of hydrogen-bond donors (Lipinski definition) is 0. The van der Waals surface area contributed by atoms with Gasteiger partial charge in [-0.1, -0.05) is 6.92 Å². The molecule has 1 fully saturated rings. The van der Waals surface area contributed by atoms with Gasteiger partial charge in [0.05, 0.1) is 4.90 Å². The number of carbonyl (C=O) groups is 1. The maximum atomic E-state index is 13.5. The molecule has 3 aromatic rings. The van der Waals surface area contributed by atoms with E-state index in [4.69, 9.17) is 4.98 Å². The smallest absolute Gasteiger partial charge is 0.269 e. The predicted molar refractivity (Wildman–Crippen MR) is 125 cm³/mol. The van der Waals surface area contributed by atoms with E-state index in [9.17, 15) is 13.2 Å². The van der Waals surface area contributed by atoms with E-state index in [0.29, 0.717) is 25.0 Å². The first-order valence-corrected chi connectivity index (χ1v) is 12.4. The van der Waals surface area contributed by atoms with Crippen LogP contribution in [0.4, 0.5) is 11.5 Å². The Kier molecular flexibility index (Phi) is 5.17. The van der Waals surface area contributed by atoms with Gasteiger partial charge < -0.3 is 14.7 Å². The molecule has 1 amide bonds. The number of anilines is 2. The molecular weight excluding hydrogens is 426 g/mol. The molecule has 0 unspecified atom stereocenters. The highest BCUT2D eigenvalue weighted by atomic mass is 32.2. The van der Waals surface area contributed by atoms with E-state index < -0.39 is 10.0 Å². The van der Waals surface area contributed by atoms with Crippen molar-refractivity contribution in [2.75, 3.05) is 49.6 Å². The van der Waals surface area contributed by atoms with E-state index in [2.05, 4.69) is 16.8 Å². The average molecular weight is 454 g/mol. The largest absolute Gasteiger partial charge is 0.354 e. The number of nitrogens with zero attached hydrogens (tertiary/aromatic N) is 5. The fraction of sp³-hybridized carbons (Fsp3) is 0.391. The van der Waals surface area contributed by atoms with Gasteiger partial charge in [0.25, 0.3) is 10.0 Å². The molecule has 168 valence electrons. The third kappa shape index (κ3) is 3.45. The zero-order valence-corrected chi connectivity index (χ0v) is 19.2. The fourth-order valence-corrected chi connectivity index (χ4v) is 5.84. The zero-order valence-electron chi connectivity index (χ0n) is 18.4. The SMILES string of the molecule is CCC(=O)N1CCc2cc(S(=O)(=O)n3ccc4ccc(N5CCN(C)CC5)nc43)ccc21. The molecule has 0 spiro atoms. The second-order valence-corrected chi connectivity index (χ2v) is 10.2. The monoisotopic (exact) mass is 453 g/mol. The number of fused-ring (bicyclic) bond motifs is 2. The number of amides is 1. The van der Waals surface area contributed by atoms with Crippen molar-refractivity contribution in [2.45, 2.75) is 24.7 Å². The quantitative estimate of drug-likeness (QED) is 0.603. The number of hydrogen-bond acceptors (Lipinski definition) is 6. The molecule has 0 saturated carbocycles. The first kappa shape index (κ1) is 21.0. The summed E-state index contributed by atoms with van der Waals surface area (Å²) in [5.41, 5.74) is 2.13. The third-order valence-corrected chi connectivity index (χ3v) is 8.09. The van der Waals surface area contributed by atoms with Crippen LogP contribution in [0.3, 0.4) is 0 Å². The molecule has 0 aliphatic carbocycles. The molecule has 8 nitrogen and oxygen atoms in total. The lowest BCUT2D eigenvalue weighted by Gasteiger charge is -2.33. The Bertz CT molecular complexity index is 1290. The second kappa shape index (κ2) is 7.90. The van der Waals surface area contributed by atoms with Gasteiger partial charge in [0.15, 0.2) is 5.65 Å². The third-order valence-electron chi connectivity index (χ3n) is 6.42. The van der Waals surface area contributed by atoms with Gasteiger partial charge in [0, 0.05) is 56.4 Å². The van der Waals surface area contributed by atoms with Gasteiger partial charge in [-0.25, -0.2) is 17.4 Å². The minimum absolute atomic E-state index is 0.0522. The minimum Gasteiger partial charge on any atom is -0.354 e. The van der Waals surface area contributed by atoms with Crippen molar-refractivity contribution in [1.82, 2.24) is 13.9 Å². The van der Waals surface area contributed by atoms with E-state index in [-0.39, 0.29) is 10.8 Å². The maximum Gasteiger partial charge on any atom is 0.269 e. The van der Waals surface area contributed by atoms with E-state index >= 15 is 0 Å². The van der Waals surface area contributed by atoms with Crippen molar-refractivity contribution in [2.24, 2.45) is 0 Å². The molecule has 9 heteroatoms. The number of carbonyl (C=O) groups excluding carboxylic acids is 1. The van der Waals surface area contributed by atoms with Crippen LogP contribution in [0.5, 0.6) is 0 Å². The summed E-state index contributed by atoms with van der Waals surface area (Å²) in [5, 5.41) is 0.785. The molecule has 2 aliphatic heterocycles. The van der Waals surface area contributed by atoms with Crippen molar-refractivity contribution < 1.29 is 13.2 Å². The second-order valence-electron chi connectivity index (χ2n) is 8.43. The molecule has 0 bridgehead atoms. The van der Waals surface area contributed by atoms with Crippen LogP contribution in [0.1, 0.15) is 18.9 Å². The van der Waals surface area contributed by atoms with Crippen LogP contribution >= 0.6 is 0 Å². The number of pyridine rings is 1. The summed E-state index contributed by atoms with van der Waals surface area (Å²) in [5.74, 6) is 0.847. The topological polar surface area (TPSA) is 78.8 Å². The number of benzene rings is 1. The van der Waals surface area contributed by atoms with Gasteiger partial charge in [-0.15, -0.1) is 0 Å². The van der Waals surface area contributed by atoms with Crippen LogP contribution in [0.25, 0.3) is 11.0 Å². The Labute approximate surface area is 188 Å². The van der Waals surface area contributed by atoms with Gasteiger partial charge in [-0.2, -0.15) is 0 Å². The summed E-state index contributed by atoms with van der Waals surface area (Å²) in [7, 11) is -1.72. The highest BCUT2D eigenvalue weighted by Gasteiger charge is 2.27. The maximum absolute atomic E-state index is 13.5. The highest BCUT2D eigenvalue weighted by molar-refractivity contribution is 7.90. The molecule has 0 atom stereocenters. The Morgan fingerprint density at radius 1 is 1.03 bits per heavy atom. The van der Waals surface area contributed by atoms with E-state index in [1.807, 2.05) is 19.1 Å². The summed E-state index contributed by atoms with van der Waals surface area (Å²) in [4.78, 5) is 23.3. The number of rotatable bonds is 4. The molecule has 5 rings (SSSR count). The van der Waals surface area contributed by atoms with Gasteiger partial charge in [0.2, 0.25) is 5.91 Å². The molecule has 2 aromatic heterocycles. The summed E-state index contributed by atoms with van der Waals surface area (Å²) in [6.45, 7) is 6.05. The van der Waals surface area contributed by atoms with Crippen molar-refractivity contribution in [3.05, 3.63) is 48.2 Å². The van der Waals surface area contributed by atoms with Crippen LogP contribution in [-0.2, 0) is 21.2 Å². The lowest BCUT2D eigenvalue weighted by atomic mass is 10.2. The molecular formula is C23H27N5O3S. The van der Waals surface area contributed by atoms with Crippen molar-refractivity contribution in [1.29, 1.82) is 0 Å². The molecule has 1 aromatic carbocycles. The fourth-order valence-electron chi connectivity index (χ4n) is 4.48. The Balaban J connectivity index is 1.51. The summed E-state index contributed by atoms with van der Waals surface area (Å²) in [6.07, 6.45) is 2.65. The molecule has 32 heavy (non-hydrogen) atoms. The van der Waals surface area contributed by atoms with Gasteiger partial charge >= 0.3 is 0 Å². The van der Waals surface area contributed by atoms with Crippen LogP contribution in [0.15, 0.2) is 47.5 Å². The van der Waals surface area contributed by atoms with Crippen molar-refractivity contribution >= 4 is 38.5 Å². The van der Waals surface area contributed by atoms with Crippen LogP contribution in [0.2, 0.25) is 0 Å². The standard InChI is InChI=1S/C23H27N5O3S/c1-3-22(29)27-10-8-18-16-19(5-6-20(18)27)32(30,31)28-11-9-17-4-7-21(24-23(17)28)26-14-12-25(2)13-15-26/h4-7,9,11,16H,3,8,10,12-15H2,1-2H3. The van der Waals surface area contributed by atoms with E-state index in [0.717, 1.165) is 48.6 Å². The average Bonchev–Trinajstić information content (AvgIpc) is 3.42. The highest BCUT2D eigenvalue weighted by Crippen LogP contribution is 2.32. The minimum atomic E-state index is -3.82. The molecule has 0 N–H and O–H groups in total. The number of aromatic nitrogens is 2. The first-order chi connectivity index (χ1) is 15.4. The molecule has 4 heterocycles. The van der Waals surface area contributed by atoms with Crippen molar-refractivity contribution in [3.63, 3.8) is 0 Å². The summed E-state index contributed by atoms with van der Waals surface area (Å²) < 4.78 is 28.3. The van der Waals surface area contributed by atoms with Gasteiger partial charge in [0.1, 0.15) is 5.82 Å². The van der Waals surface area contributed by atoms with E-state index in [1.165, 1.54) is 3.97 Å². The molecule has 2 aliphatic rings. The lowest BCUT2D eigenvalue weighted by molar-refractivity contribution is -0.118. The Hall–Kier alpha value is -2.91. The molecule has 1 saturated heterocycles. The summed E-state index contributed by atoms with van der Waals surface area (Å²) in [6, 6.07) is 10.7. The predicted octanol–water partition coefficient (Wildman–Crippen LogP) is 2.32. The first-order valence-electron chi connectivity index (χ1n) is 11.0. The van der Waals surface area contributed by atoms with Crippen molar-refractivity contribution in [3.8, 4) is 0 Å². The zero-order chi connectivity index (χ0) is 22.5. The summed E-state index contributed by atoms with van der Waals surface area (Å²) >= 11 is 0. The number of likely N-dealkylation sites (N-methyl/N-ethyl adjacent to an activating group) is 1. The molecule has 0 radical (unpaired) electrons. The van der Waals surface area contributed by atoms with Crippen LogP contribution in [-0.4, -0.2) is 68.0 Å². The van der Waals surface area contributed by atoms with Gasteiger partial charge in [-0.05, 0) is 55.4 Å².